The molecule has 0 saturated heterocycles. The first-order valence-electron chi connectivity index (χ1n) is 47.0. The highest BCUT2D eigenvalue weighted by Crippen LogP contribution is 2.34. The number of hydrogen-bond acceptors (Lipinski definition) is 19. The van der Waals surface area contributed by atoms with Crippen LogP contribution < -0.4 is 16.0 Å². The number of unbranched alkanes of at least 4 members (excludes halogenated alkanes) is 2. The maximum Gasteiger partial charge on any atom is 0.152 e. The fourth-order valence-corrected chi connectivity index (χ4v) is 13.5. The van der Waals surface area contributed by atoms with E-state index < -0.39 is 50.0 Å². The standard InChI is InChI=1S/C28H52N2O3.C28H46N2O3.C24H46N2O3.C24H45NO3/c2*1-19(2)25(33)22(16-20-12-14-21(15-13-20)29-28(9,10)11)30(17-23(31)26(3,4)5)18-24(32)27(6,7)8;1-17(2)21(29)18(13-12-14-25-24(9,10)11)26(15-19(27)22(3,4)5)16-20(28)23(6,7)8;1-17(2)13-11-10-12-14-20(23(28)19(5)6)25(15-21(26)18(3)4)16-22(27)24(7,8)9/h19-22,29H,12-18H2,1-11H3;12-15,19,22,29H,16-18H2,1-11H3;17-18,25H,12-16H2,1-11H3;17-20H,10-16H2,1-9H3. The molecule has 1 aliphatic rings. The lowest BCUT2D eigenvalue weighted by Gasteiger charge is -2.38. The lowest BCUT2D eigenvalue weighted by molar-refractivity contribution is -0.137. The number of anilines is 1. The van der Waals surface area contributed by atoms with E-state index in [4.69, 9.17) is 0 Å². The third-order valence-corrected chi connectivity index (χ3v) is 22.6. The van der Waals surface area contributed by atoms with Crippen LogP contribution >= 0.6 is 0 Å². The van der Waals surface area contributed by atoms with Gasteiger partial charge in [0, 0.05) is 95.8 Å². The summed E-state index contributed by atoms with van der Waals surface area (Å²) in [5, 5.41) is 10.6. The maximum atomic E-state index is 13.4. The number of nitrogens with one attached hydrogen (secondary N) is 3. The van der Waals surface area contributed by atoms with Crippen molar-refractivity contribution >= 4 is 75.1 Å². The number of rotatable bonds is 45. The predicted octanol–water partition coefficient (Wildman–Crippen LogP) is 20.6. The molecule has 1 saturated carbocycles. The third kappa shape index (κ3) is 50.4. The van der Waals surface area contributed by atoms with E-state index in [1.165, 1.54) is 6.42 Å². The Balaban J connectivity index is 0. The van der Waals surface area contributed by atoms with Gasteiger partial charge in [0.05, 0.1) is 76.5 Å². The number of ketones is 12. The molecule has 1 aromatic carbocycles. The molecule has 2 rings (SSSR count). The van der Waals surface area contributed by atoms with Gasteiger partial charge in [0.2, 0.25) is 0 Å². The molecular weight excluding hydrogens is 1540 g/mol. The van der Waals surface area contributed by atoms with Crippen LogP contribution in [0.2, 0.25) is 0 Å². The van der Waals surface area contributed by atoms with E-state index in [0.29, 0.717) is 30.7 Å². The van der Waals surface area contributed by atoms with Gasteiger partial charge in [0.25, 0.3) is 0 Å². The Bertz CT molecular complexity index is 3360. The summed E-state index contributed by atoms with van der Waals surface area (Å²) in [6.07, 6.45) is 12.1. The van der Waals surface area contributed by atoms with Crippen molar-refractivity contribution in [3.05, 3.63) is 29.8 Å². The van der Waals surface area contributed by atoms with Crippen molar-refractivity contribution in [3.63, 3.8) is 0 Å². The zero-order chi connectivity index (χ0) is 96.8. The minimum atomic E-state index is -0.547. The minimum Gasteiger partial charge on any atom is -0.380 e. The molecule has 123 heavy (non-hydrogen) atoms. The quantitative estimate of drug-likeness (QED) is 0.0513. The van der Waals surface area contributed by atoms with Gasteiger partial charge in [-0.05, 0) is 156 Å². The van der Waals surface area contributed by atoms with E-state index in [2.05, 4.69) is 92.1 Å². The Morgan fingerprint density at radius 3 is 0.886 bits per heavy atom. The van der Waals surface area contributed by atoms with Crippen LogP contribution in [0.25, 0.3) is 0 Å². The Morgan fingerprint density at radius 1 is 0.317 bits per heavy atom. The summed E-state index contributed by atoms with van der Waals surface area (Å²) in [6.45, 7) is 84.1. The molecule has 1 aliphatic carbocycles. The van der Waals surface area contributed by atoms with E-state index in [1.807, 2.05) is 259 Å². The van der Waals surface area contributed by atoms with Crippen molar-refractivity contribution in [3.8, 4) is 0 Å². The second-order valence-corrected chi connectivity index (χ2v) is 48.2. The number of hydrogen-bond donors (Lipinski definition) is 3. The van der Waals surface area contributed by atoms with E-state index >= 15 is 0 Å². The molecular formula is C104H189N7O12. The molecule has 0 aromatic heterocycles. The molecule has 0 bridgehead atoms. The van der Waals surface area contributed by atoms with Gasteiger partial charge >= 0.3 is 0 Å². The minimum absolute atomic E-state index is 0.0155. The topological polar surface area (TPSA) is 254 Å². The Hall–Kier alpha value is -5.18. The van der Waals surface area contributed by atoms with Crippen molar-refractivity contribution in [2.45, 2.75) is 421 Å². The second kappa shape index (κ2) is 51.9. The molecule has 19 heteroatoms. The Kier molecular flexibility index (Phi) is 50.5. The van der Waals surface area contributed by atoms with Gasteiger partial charge in [0.1, 0.15) is 5.78 Å². The van der Waals surface area contributed by atoms with Crippen LogP contribution in [-0.2, 0) is 64.0 Å². The second-order valence-electron chi connectivity index (χ2n) is 48.2. The number of nitrogens with zero attached hydrogens (tertiary/aromatic N) is 4. The first kappa shape index (κ1) is 120. The van der Waals surface area contributed by atoms with Crippen molar-refractivity contribution in [2.75, 3.05) is 64.2 Å². The van der Waals surface area contributed by atoms with Gasteiger partial charge < -0.3 is 16.0 Å². The summed E-state index contributed by atoms with van der Waals surface area (Å²) in [5.74, 6) is 1.33. The van der Waals surface area contributed by atoms with Crippen molar-refractivity contribution in [1.29, 1.82) is 0 Å². The van der Waals surface area contributed by atoms with E-state index in [-0.39, 0.29) is 180 Å². The molecule has 1 fully saturated rings. The van der Waals surface area contributed by atoms with Crippen molar-refractivity contribution < 1.29 is 57.5 Å². The lowest BCUT2D eigenvalue weighted by Crippen LogP contribution is -2.51. The van der Waals surface area contributed by atoms with Gasteiger partial charge in [0.15, 0.2) is 63.6 Å². The van der Waals surface area contributed by atoms with Gasteiger partial charge in [-0.1, -0.05) is 266 Å². The number of carbonyl (C=O) groups is 12. The summed E-state index contributed by atoms with van der Waals surface area (Å²) < 4.78 is 0. The molecule has 3 N–H and O–H groups in total. The van der Waals surface area contributed by atoms with E-state index in [1.54, 1.807) is 0 Å². The van der Waals surface area contributed by atoms with Crippen LogP contribution in [0, 0.1) is 79.3 Å². The average Bonchev–Trinajstić information content (AvgIpc) is 0.823. The molecule has 4 unspecified atom stereocenters. The molecule has 19 nitrogen and oxygen atoms in total. The smallest absolute Gasteiger partial charge is 0.152 e. The predicted molar refractivity (Wildman–Crippen MR) is 514 cm³/mol. The van der Waals surface area contributed by atoms with Crippen molar-refractivity contribution in [2.24, 2.45) is 79.3 Å². The first-order valence-corrected chi connectivity index (χ1v) is 47.0. The van der Waals surface area contributed by atoms with E-state index in [0.717, 1.165) is 82.0 Å². The summed E-state index contributed by atoms with van der Waals surface area (Å²) in [7, 11) is 0. The molecule has 0 amide bonds. The number of Topliss-reactive ketones (excluding diaryl/α,β-unsaturated/α-hetero) is 12. The SMILES string of the molecule is CC(C)C(=O)C(CC1CCC(NC(C)(C)C)CC1)N(CC(=O)C(C)(C)C)CC(=O)C(C)(C)C.CC(C)C(=O)C(CCCNC(C)(C)C)N(CC(=O)C(C)(C)C)CC(=O)C(C)(C)C.CC(C)C(=O)C(Cc1ccc(NC(C)(C)C)cc1)N(CC(=O)C(C)(C)C)CC(=O)C(C)(C)C.CC(C)CCCCCC(C(=O)C(C)C)N(CC(=O)C(C)C)CC(=O)C(C)(C)C. The summed E-state index contributed by atoms with van der Waals surface area (Å²) in [4.78, 5) is 163. The van der Waals surface area contributed by atoms with Gasteiger partial charge in [-0.15, -0.1) is 0 Å². The maximum absolute atomic E-state index is 13.4. The molecule has 0 spiro atoms. The highest BCUT2D eigenvalue weighted by Gasteiger charge is 2.42. The Morgan fingerprint density at radius 2 is 0.602 bits per heavy atom. The lowest BCUT2D eigenvalue weighted by atomic mass is 9.79. The van der Waals surface area contributed by atoms with Gasteiger partial charge in [-0.3, -0.25) is 77.1 Å². The zero-order valence-corrected chi connectivity index (χ0v) is 87.0. The fraction of sp³-hybridized carbons (Fsp3) is 0.827. The molecule has 4 atom stereocenters. The van der Waals surface area contributed by atoms with Gasteiger partial charge in [-0.25, -0.2) is 0 Å². The first-order chi connectivity index (χ1) is 55.2. The zero-order valence-electron chi connectivity index (χ0n) is 87.0. The largest absolute Gasteiger partial charge is 0.380 e. The van der Waals surface area contributed by atoms with E-state index in [9.17, 15) is 57.5 Å². The average molecular weight is 1730 g/mol. The molecule has 0 aliphatic heterocycles. The van der Waals surface area contributed by atoms with Crippen LogP contribution in [0.5, 0.6) is 0 Å². The third-order valence-electron chi connectivity index (χ3n) is 22.6. The molecule has 0 heterocycles. The van der Waals surface area contributed by atoms with Crippen LogP contribution in [0.15, 0.2) is 24.3 Å². The van der Waals surface area contributed by atoms with Crippen LogP contribution in [0.4, 0.5) is 5.69 Å². The van der Waals surface area contributed by atoms with Gasteiger partial charge in [-0.2, -0.15) is 0 Å². The van der Waals surface area contributed by atoms with Crippen LogP contribution in [0.1, 0.15) is 373 Å². The normalized spacial score (nSPS) is 15.9. The monoisotopic (exact) mass is 1730 g/mol. The number of benzene rings is 1. The van der Waals surface area contributed by atoms with Crippen LogP contribution in [-0.4, -0.2) is 195 Å². The molecule has 0 radical (unpaired) electrons. The van der Waals surface area contributed by atoms with Crippen molar-refractivity contribution in [1.82, 2.24) is 30.2 Å². The summed E-state index contributed by atoms with van der Waals surface area (Å²) in [6, 6.07) is 6.88. The van der Waals surface area contributed by atoms with Crippen LogP contribution in [0.3, 0.4) is 0 Å². The summed E-state index contributed by atoms with van der Waals surface area (Å²) in [5.41, 5.74) is -1.53. The Labute approximate surface area is 753 Å². The fourth-order valence-electron chi connectivity index (χ4n) is 13.5. The highest BCUT2D eigenvalue weighted by molar-refractivity contribution is 5.95. The summed E-state index contributed by atoms with van der Waals surface area (Å²) >= 11 is 0. The highest BCUT2D eigenvalue weighted by atomic mass is 16.2. The molecule has 712 valence electrons. The number of carbonyl (C=O) groups excluding carboxylic acids is 12. The molecule has 1 aromatic rings.